The van der Waals surface area contributed by atoms with E-state index in [1.54, 1.807) is 30.3 Å². The minimum atomic E-state index is -0.375. The minimum Gasteiger partial charge on any atom is -0.459 e. The van der Waals surface area contributed by atoms with Crippen molar-refractivity contribution in [1.29, 1.82) is 0 Å². The van der Waals surface area contributed by atoms with E-state index in [1.165, 1.54) is 6.26 Å². The average Bonchev–Trinajstić information content (AvgIpc) is 2.91. The number of aliphatic hydroxyl groups excluding tert-OH is 1. The molecule has 0 aliphatic carbocycles. The van der Waals surface area contributed by atoms with Gasteiger partial charge in [-0.25, -0.2) is 4.98 Å². The number of aromatic nitrogens is 1. The molecule has 90 valence electrons. The van der Waals surface area contributed by atoms with Gasteiger partial charge in [0.1, 0.15) is 18.1 Å². The number of nitrogens with zero attached hydrogens (tertiary/aromatic N) is 1. The van der Waals surface area contributed by atoms with Gasteiger partial charge in [-0.3, -0.25) is 4.79 Å². The number of aliphatic hydroxyl groups is 1. The van der Waals surface area contributed by atoms with Crippen LogP contribution in [0.25, 0.3) is 0 Å². The number of amides is 1. The third-order valence-electron chi connectivity index (χ3n) is 2.03. The van der Waals surface area contributed by atoms with E-state index < -0.39 is 0 Å². The summed E-state index contributed by atoms with van der Waals surface area (Å²) in [6.45, 7) is -0.231. The molecule has 2 rings (SSSR count). The summed E-state index contributed by atoms with van der Waals surface area (Å²) in [7, 11) is 0. The van der Waals surface area contributed by atoms with Crippen LogP contribution in [0.4, 0.5) is 5.82 Å². The maximum absolute atomic E-state index is 11.7. The lowest BCUT2D eigenvalue weighted by molar-refractivity contribution is 0.0996. The molecule has 1 amide bonds. The van der Waals surface area contributed by atoms with Crippen LogP contribution in [0.15, 0.2) is 41.0 Å². The predicted molar refractivity (Wildman–Crippen MR) is 64.9 cm³/mol. The van der Waals surface area contributed by atoms with Gasteiger partial charge in [-0.15, -0.1) is 0 Å². The van der Waals surface area contributed by atoms with E-state index in [0.717, 1.165) is 0 Å². The topological polar surface area (TPSA) is 75.4 Å². The highest BCUT2D eigenvalue weighted by Crippen LogP contribution is 2.07. The molecule has 0 aliphatic rings. The summed E-state index contributed by atoms with van der Waals surface area (Å²) >= 11 is 0. The third-order valence-corrected chi connectivity index (χ3v) is 2.03. The van der Waals surface area contributed by atoms with Gasteiger partial charge in [-0.05, 0) is 30.2 Å². The molecule has 0 radical (unpaired) electrons. The molecule has 5 nitrogen and oxygen atoms in total. The summed E-state index contributed by atoms with van der Waals surface area (Å²) in [6, 6.07) is 8.23. The first-order valence-electron chi connectivity index (χ1n) is 5.21. The lowest BCUT2D eigenvalue weighted by Gasteiger charge is -2.02. The highest BCUT2D eigenvalue weighted by atomic mass is 16.3. The van der Waals surface area contributed by atoms with Crippen molar-refractivity contribution in [2.24, 2.45) is 0 Å². The van der Waals surface area contributed by atoms with Gasteiger partial charge in [0, 0.05) is 0 Å². The number of furan rings is 1. The quantitative estimate of drug-likeness (QED) is 0.778. The van der Waals surface area contributed by atoms with E-state index in [-0.39, 0.29) is 18.3 Å². The number of hydrogen-bond acceptors (Lipinski definition) is 4. The summed E-state index contributed by atoms with van der Waals surface area (Å²) in [4.78, 5) is 15.8. The van der Waals surface area contributed by atoms with Crippen LogP contribution in [-0.2, 0) is 0 Å². The molecular weight excluding hydrogens is 232 g/mol. The standard InChI is InChI=1S/C13H10N2O3/c16-8-2-5-10-4-1-7-12(14-10)15-13(17)11-6-3-9-18-11/h1,3-4,6-7,9,16H,8H2,(H,14,15,17). The largest absolute Gasteiger partial charge is 0.459 e. The Morgan fingerprint density at radius 2 is 2.28 bits per heavy atom. The zero-order valence-corrected chi connectivity index (χ0v) is 9.38. The van der Waals surface area contributed by atoms with Crippen molar-refractivity contribution in [1.82, 2.24) is 4.98 Å². The second-order valence-electron chi connectivity index (χ2n) is 3.30. The number of carbonyl (C=O) groups excluding carboxylic acids is 1. The average molecular weight is 242 g/mol. The molecule has 0 unspecified atom stereocenters. The summed E-state index contributed by atoms with van der Waals surface area (Å²) in [6.07, 6.45) is 1.42. The Morgan fingerprint density at radius 3 is 3.00 bits per heavy atom. The van der Waals surface area contributed by atoms with Crippen molar-refractivity contribution in [2.75, 3.05) is 11.9 Å². The van der Waals surface area contributed by atoms with Crippen molar-refractivity contribution in [3.63, 3.8) is 0 Å². The lowest BCUT2D eigenvalue weighted by Crippen LogP contribution is -2.12. The number of pyridine rings is 1. The summed E-state index contributed by atoms with van der Waals surface area (Å²) in [5.74, 6) is 5.35. The molecular formula is C13H10N2O3. The van der Waals surface area contributed by atoms with Gasteiger partial charge in [0.05, 0.1) is 6.26 Å². The second kappa shape index (κ2) is 5.66. The van der Waals surface area contributed by atoms with Crippen LogP contribution in [0, 0.1) is 11.8 Å². The Labute approximate surface area is 103 Å². The first-order chi connectivity index (χ1) is 8.79. The van der Waals surface area contributed by atoms with E-state index >= 15 is 0 Å². The maximum atomic E-state index is 11.7. The van der Waals surface area contributed by atoms with Crippen molar-refractivity contribution in [2.45, 2.75) is 0 Å². The van der Waals surface area contributed by atoms with Crippen LogP contribution in [0.2, 0.25) is 0 Å². The highest BCUT2D eigenvalue weighted by molar-refractivity contribution is 6.01. The molecule has 0 fully saturated rings. The van der Waals surface area contributed by atoms with Gasteiger partial charge in [-0.2, -0.15) is 0 Å². The first-order valence-corrected chi connectivity index (χ1v) is 5.21. The fourth-order valence-corrected chi connectivity index (χ4v) is 1.29. The number of hydrogen-bond donors (Lipinski definition) is 2. The van der Waals surface area contributed by atoms with E-state index in [1.807, 2.05) is 0 Å². The minimum absolute atomic E-state index is 0.212. The van der Waals surface area contributed by atoms with E-state index in [0.29, 0.717) is 11.5 Å². The maximum Gasteiger partial charge on any atom is 0.292 e. The van der Waals surface area contributed by atoms with Gasteiger partial charge < -0.3 is 14.8 Å². The predicted octanol–water partition coefficient (Wildman–Crippen LogP) is 1.27. The van der Waals surface area contributed by atoms with Gasteiger partial charge >= 0.3 is 0 Å². The summed E-state index contributed by atoms with van der Waals surface area (Å²) in [5.41, 5.74) is 0.473. The highest BCUT2D eigenvalue weighted by Gasteiger charge is 2.09. The molecule has 2 aromatic rings. The van der Waals surface area contributed by atoms with Crippen LogP contribution in [0.1, 0.15) is 16.2 Å². The Kier molecular flexibility index (Phi) is 3.74. The smallest absolute Gasteiger partial charge is 0.292 e. The summed E-state index contributed by atoms with van der Waals surface area (Å²) < 4.78 is 4.96. The molecule has 0 aliphatic heterocycles. The van der Waals surface area contributed by atoms with Crippen LogP contribution in [0.5, 0.6) is 0 Å². The Bertz CT molecular complexity index is 594. The molecule has 5 heteroatoms. The van der Waals surface area contributed by atoms with Crippen LogP contribution < -0.4 is 5.32 Å². The van der Waals surface area contributed by atoms with E-state index in [4.69, 9.17) is 9.52 Å². The molecule has 0 atom stereocenters. The number of anilines is 1. The molecule has 0 saturated carbocycles. The molecule has 0 aromatic carbocycles. The summed E-state index contributed by atoms with van der Waals surface area (Å²) in [5, 5.41) is 11.2. The molecule has 2 aromatic heterocycles. The third kappa shape index (κ3) is 2.97. The van der Waals surface area contributed by atoms with Crippen molar-refractivity contribution < 1.29 is 14.3 Å². The fraction of sp³-hybridized carbons (Fsp3) is 0.0769. The molecule has 2 N–H and O–H groups in total. The van der Waals surface area contributed by atoms with Crippen molar-refractivity contribution in [3.05, 3.63) is 48.0 Å². The number of carbonyl (C=O) groups is 1. The second-order valence-corrected chi connectivity index (χ2v) is 3.30. The van der Waals surface area contributed by atoms with Gasteiger partial charge in [0.2, 0.25) is 0 Å². The van der Waals surface area contributed by atoms with Gasteiger partial charge in [0.15, 0.2) is 5.76 Å². The molecule has 18 heavy (non-hydrogen) atoms. The first kappa shape index (κ1) is 11.9. The van der Waals surface area contributed by atoms with Gasteiger partial charge in [-0.1, -0.05) is 12.0 Å². The molecule has 0 saturated heterocycles. The van der Waals surface area contributed by atoms with E-state index in [2.05, 4.69) is 22.1 Å². The van der Waals surface area contributed by atoms with Gasteiger partial charge in [0.25, 0.3) is 5.91 Å². The zero-order valence-electron chi connectivity index (χ0n) is 9.38. The van der Waals surface area contributed by atoms with E-state index in [9.17, 15) is 4.79 Å². The van der Waals surface area contributed by atoms with Crippen LogP contribution in [-0.4, -0.2) is 22.6 Å². The van der Waals surface area contributed by atoms with Crippen molar-refractivity contribution >= 4 is 11.7 Å². The molecule has 0 bridgehead atoms. The van der Waals surface area contributed by atoms with Crippen LogP contribution in [0.3, 0.4) is 0 Å². The Morgan fingerprint density at radius 1 is 1.39 bits per heavy atom. The van der Waals surface area contributed by atoms with Crippen molar-refractivity contribution in [3.8, 4) is 11.8 Å². The lowest BCUT2D eigenvalue weighted by atomic mass is 10.3. The Hall–Kier alpha value is -2.58. The van der Waals surface area contributed by atoms with Crippen LogP contribution >= 0.6 is 0 Å². The molecule has 2 heterocycles. The molecule has 0 spiro atoms. The number of rotatable bonds is 2. The monoisotopic (exact) mass is 242 g/mol. The SMILES string of the molecule is O=C(Nc1cccc(C#CCO)n1)c1ccco1. The number of nitrogens with one attached hydrogen (secondary N) is 1. The Balaban J connectivity index is 2.12. The normalized spacial score (nSPS) is 9.39. The zero-order chi connectivity index (χ0) is 12.8. The fourth-order valence-electron chi connectivity index (χ4n) is 1.29.